The van der Waals surface area contributed by atoms with Crippen molar-refractivity contribution in [3.63, 3.8) is 0 Å². The van der Waals surface area contributed by atoms with Crippen molar-refractivity contribution in [2.45, 2.75) is 19.6 Å². The molecule has 0 N–H and O–H groups in total. The fourth-order valence-corrected chi connectivity index (χ4v) is 2.21. The lowest BCUT2D eigenvalue weighted by atomic mass is 9.96. The maximum Gasteiger partial charge on any atom is 0.387 e. The second-order valence-corrected chi connectivity index (χ2v) is 4.24. The summed E-state index contributed by atoms with van der Waals surface area (Å²) in [6.45, 7) is -0.968. The molecule has 1 atom stereocenters. The first-order valence-corrected chi connectivity index (χ1v) is 5.86. The third kappa shape index (κ3) is 2.12. The minimum Gasteiger partial charge on any atom is -0.484 e. The molecule has 3 rings (SSSR count). The number of ether oxygens (including phenoxy) is 2. The number of pyridine rings is 1. The molecule has 1 aliphatic rings. The van der Waals surface area contributed by atoms with Crippen LogP contribution < -0.4 is 9.47 Å². The fourth-order valence-electron chi connectivity index (χ4n) is 2.21. The van der Waals surface area contributed by atoms with Gasteiger partial charge in [-0.2, -0.15) is 8.78 Å². The molecule has 1 aromatic carbocycles. The first kappa shape index (κ1) is 11.9. The number of fused-ring (bicyclic) bond motifs is 3. The van der Waals surface area contributed by atoms with E-state index in [9.17, 15) is 8.78 Å². The second-order valence-electron chi connectivity index (χ2n) is 4.24. The molecule has 98 valence electrons. The maximum atomic E-state index is 12.2. The van der Waals surface area contributed by atoms with E-state index in [1.54, 1.807) is 24.4 Å². The Hall–Kier alpha value is -2.17. The molecule has 19 heavy (non-hydrogen) atoms. The molecule has 0 saturated carbocycles. The van der Waals surface area contributed by atoms with Crippen LogP contribution in [0.1, 0.15) is 18.6 Å². The minimum atomic E-state index is -2.83. The molecule has 0 spiro atoms. The van der Waals surface area contributed by atoms with E-state index >= 15 is 0 Å². The van der Waals surface area contributed by atoms with E-state index in [-0.39, 0.29) is 11.9 Å². The molecular formula is C14H11F2NO2. The molecule has 2 aromatic rings. The standard InChI is InChI=1S/C14H11F2NO2/c1-8-11-7-9(19-14(15)16)4-5-10(11)13-12(18-8)3-2-6-17-13/h2-8,14H,1H3/t8-/m0/s1. The summed E-state index contributed by atoms with van der Waals surface area (Å²) < 4.78 is 34.6. The van der Waals surface area contributed by atoms with Gasteiger partial charge in [-0.05, 0) is 37.3 Å². The maximum absolute atomic E-state index is 12.2. The van der Waals surface area contributed by atoms with E-state index in [2.05, 4.69) is 9.72 Å². The fraction of sp³-hybridized carbons (Fsp3) is 0.214. The third-order valence-electron chi connectivity index (χ3n) is 3.02. The Bertz CT molecular complexity index is 616. The van der Waals surface area contributed by atoms with E-state index in [1.165, 1.54) is 6.07 Å². The van der Waals surface area contributed by atoms with Crippen LogP contribution in [0.25, 0.3) is 11.3 Å². The van der Waals surface area contributed by atoms with Crippen LogP contribution in [0, 0.1) is 0 Å². The highest BCUT2D eigenvalue weighted by atomic mass is 19.3. The van der Waals surface area contributed by atoms with Crippen molar-refractivity contribution in [1.82, 2.24) is 4.98 Å². The number of benzene rings is 1. The van der Waals surface area contributed by atoms with Crippen LogP contribution in [-0.2, 0) is 0 Å². The Morgan fingerprint density at radius 2 is 2.16 bits per heavy atom. The van der Waals surface area contributed by atoms with Crippen molar-refractivity contribution in [2.24, 2.45) is 0 Å². The van der Waals surface area contributed by atoms with Crippen molar-refractivity contribution < 1.29 is 18.3 Å². The van der Waals surface area contributed by atoms with Crippen LogP contribution in [0.5, 0.6) is 11.5 Å². The molecule has 0 saturated heterocycles. The lowest BCUT2D eigenvalue weighted by molar-refractivity contribution is -0.0499. The topological polar surface area (TPSA) is 31.4 Å². The summed E-state index contributed by atoms with van der Waals surface area (Å²) in [7, 11) is 0. The second kappa shape index (κ2) is 4.50. The van der Waals surface area contributed by atoms with Crippen LogP contribution in [0.2, 0.25) is 0 Å². The van der Waals surface area contributed by atoms with E-state index in [0.29, 0.717) is 5.75 Å². The normalized spacial score (nSPS) is 16.5. The summed E-state index contributed by atoms with van der Waals surface area (Å²) in [4.78, 5) is 4.27. The van der Waals surface area contributed by atoms with Crippen LogP contribution in [-0.4, -0.2) is 11.6 Å². The summed E-state index contributed by atoms with van der Waals surface area (Å²) in [5.41, 5.74) is 2.40. The van der Waals surface area contributed by atoms with Gasteiger partial charge >= 0.3 is 6.61 Å². The Labute approximate surface area is 108 Å². The summed E-state index contributed by atoms with van der Waals surface area (Å²) in [6, 6.07) is 8.46. The highest BCUT2D eigenvalue weighted by Crippen LogP contribution is 2.42. The van der Waals surface area contributed by atoms with Crippen LogP contribution in [0.3, 0.4) is 0 Å². The average molecular weight is 263 g/mol. The van der Waals surface area contributed by atoms with Crippen molar-refractivity contribution in [3.8, 4) is 22.8 Å². The van der Waals surface area contributed by atoms with Gasteiger partial charge < -0.3 is 9.47 Å². The number of hydrogen-bond acceptors (Lipinski definition) is 3. The molecule has 1 aromatic heterocycles. The smallest absolute Gasteiger partial charge is 0.387 e. The highest BCUT2D eigenvalue weighted by Gasteiger charge is 2.24. The molecule has 0 radical (unpaired) electrons. The third-order valence-corrected chi connectivity index (χ3v) is 3.02. The van der Waals surface area contributed by atoms with Gasteiger partial charge in [0.1, 0.15) is 23.3 Å². The lowest BCUT2D eigenvalue weighted by Gasteiger charge is -2.25. The molecule has 5 heteroatoms. The van der Waals surface area contributed by atoms with Crippen molar-refractivity contribution in [3.05, 3.63) is 42.1 Å². The Morgan fingerprint density at radius 1 is 1.32 bits per heavy atom. The van der Waals surface area contributed by atoms with Crippen molar-refractivity contribution in [1.29, 1.82) is 0 Å². The summed E-state index contributed by atoms with van der Waals surface area (Å²) in [5.74, 6) is 0.827. The Kier molecular flexibility index (Phi) is 2.81. The first-order chi connectivity index (χ1) is 9.15. The Balaban J connectivity index is 2.08. The summed E-state index contributed by atoms with van der Waals surface area (Å²) in [5, 5.41) is 0. The predicted octanol–water partition coefficient (Wildman–Crippen LogP) is 3.80. The van der Waals surface area contributed by atoms with Gasteiger partial charge in [0.05, 0.1) is 0 Å². The van der Waals surface area contributed by atoms with Gasteiger partial charge in [-0.25, -0.2) is 0 Å². The summed E-state index contributed by atoms with van der Waals surface area (Å²) >= 11 is 0. The summed E-state index contributed by atoms with van der Waals surface area (Å²) in [6.07, 6.45) is 1.44. The SMILES string of the molecule is C[C@@H]1Oc2cccnc2-c2ccc(OC(F)F)cc21. The zero-order chi connectivity index (χ0) is 13.4. The molecular weight excluding hydrogens is 252 g/mol. The van der Waals surface area contributed by atoms with E-state index < -0.39 is 6.61 Å². The van der Waals surface area contributed by atoms with Gasteiger partial charge in [0.2, 0.25) is 0 Å². The number of aromatic nitrogens is 1. The quantitative estimate of drug-likeness (QED) is 0.825. The average Bonchev–Trinajstić information content (AvgIpc) is 2.38. The minimum absolute atomic E-state index is 0.128. The lowest BCUT2D eigenvalue weighted by Crippen LogP contribution is -2.12. The van der Waals surface area contributed by atoms with Gasteiger partial charge in [0, 0.05) is 17.3 Å². The highest BCUT2D eigenvalue weighted by molar-refractivity contribution is 5.72. The van der Waals surface area contributed by atoms with Crippen LogP contribution in [0.15, 0.2) is 36.5 Å². The molecule has 3 nitrogen and oxygen atoms in total. The molecule has 0 aliphatic carbocycles. The molecule has 2 heterocycles. The Morgan fingerprint density at radius 3 is 2.95 bits per heavy atom. The molecule has 0 bridgehead atoms. The van der Waals surface area contributed by atoms with Gasteiger partial charge in [-0.1, -0.05) is 0 Å². The number of rotatable bonds is 2. The van der Waals surface area contributed by atoms with E-state index in [4.69, 9.17) is 4.74 Å². The van der Waals surface area contributed by atoms with Crippen LogP contribution in [0.4, 0.5) is 8.78 Å². The largest absolute Gasteiger partial charge is 0.484 e. The van der Waals surface area contributed by atoms with Gasteiger partial charge in [-0.3, -0.25) is 4.98 Å². The van der Waals surface area contributed by atoms with Crippen LogP contribution >= 0.6 is 0 Å². The zero-order valence-electron chi connectivity index (χ0n) is 10.1. The van der Waals surface area contributed by atoms with Crippen molar-refractivity contribution in [2.75, 3.05) is 0 Å². The van der Waals surface area contributed by atoms with Gasteiger partial charge in [0.15, 0.2) is 0 Å². The first-order valence-electron chi connectivity index (χ1n) is 5.86. The molecule has 0 fully saturated rings. The zero-order valence-corrected chi connectivity index (χ0v) is 10.1. The number of hydrogen-bond donors (Lipinski definition) is 0. The number of halogens is 2. The number of alkyl halides is 2. The van der Waals surface area contributed by atoms with Crippen molar-refractivity contribution >= 4 is 0 Å². The molecule has 0 amide bonds. The van der Waals surface area contributed by atoms with E-state index in [1.807, 2.05) is 13.0 Å². The predicted molar refractivity (Wildman–Crippen MR) is 65.3 cm³/mol. The van der Waals surface area contributed by atoms with Gasteiger partial charge in [-0.15, -0.1) is 0 Å². The monoisotopic (exact) mass is 263 g/mol. The number of nitrogens with zero attached hydrogens (tertiary/aromatic N) is 1. The molecule has 0 unspecified atom stereocenters. The van der Waals surface area contributed by atoms with Gasteiger partial charge in [0.25, 0.3) is 0 Å². The van der Waals surface area contributed by atoms with E-state index in [0.717, 1.165) is 16.8 Å². The molecule has 1 aliphatic heterocycles.